The van der Waals surface area contributed by atoms with Crippen molar-refractivity contribution >= 4 is 15.7 Å². The largest absolute Gasteiger partial charge is 0.320 e. The Morgan fingerprint density at radius 3 is 2.69 bits per heavy atom. The van der Waals surface area contributed by atoms with Gasteiger partial charge in [0, 0.05) is 5.56 Å². The molecule has 0 atom stereocenters. The maximum atomic E-state index is 11.2. The molecule has 0 saturated heterocycles. The average molecular weight is 238 g/mol. The molecule has 16 heavy (non-hydrogen) atoms. The van der Waals surface area contributed by atoms with Crippen LogP contribution in [0.3, 0.4) is 0 Å². The summed E-state index contributed by atoms with van der Waals surface area (Å²) >= 11 is 0. The summed E-state index contributed by atoms with van der Waals surface area (Å²) in [6.07, 6.45) is 1.11. The zero-order valence-electron chi connectivity index (χ0n) is 9.24. The molecule has 0 saturated carbocycles. The Morgan fingerprint density at radius 1 is 1.44 bits per heavy atom. The van der Waals surface area contributed by atoms with Gasteiger partial charge in [0.1, 0.15) is 0 Å². The van der Waals surface area contributed by atoms with Crippen LogP contribution in [-0.2, 0) is 10.0 Å². The van der Waals surface area contributed by atoms with Crippen molar-refractivity contribution in [2.24, 2.45) is 5.73 Å². The zero-order chi connectivity index (χ0) is 12.2. The molecule has 4 nitrogen and oxygen atoms in total. The van der Waals surface area contributed by atoms with E-state index in [1.807, 2.05) is 13.0 Å². The summed E-state index contributed by atoms with van der Waals surface area (Å²) in [4.78, 5) is 0. The lowest BCUT2D eigenvalue weighted by molar-refractivity contribution is 0.607. The first-order valence-electron chi connectivity index (χ1n) is 4.70. The van der Waals surface area contributed by atoms with Crippen LogP contribution in [0.25, 0.3) is 0 Å². The topological polar surface area (TPSA) is 72.2 Å². The second kappa shape index (κ2) is 5.01. The molecule has 1 aromatic carbocycles. The molecule has 0 radical (unpaired) electrons. The lowest BCUT2D eigenvalue weighted by Gasteiger charge is -2.07. The van der Waals surface area contributed by atoms with Gasteiger partial charge < -0.3 is 5.73 Å². The Labute approximate surface area is 95.9 Å². The number of aryl methyl sites for hydroxylation is 1. The van der Waals surface area contributed by atoms with Crippen LogP contribution in [0.5, 0.6) is 0 Å². The minimum absolute atomic E-state index is 0.242. The molecule has 0 heterocycles. The third-order valence-corrected chi connectivity index (χ3v) is 2.39. The van der Waals surface area contributed by atoms with Crippen molar-refractivity contribution in [1.29, 1.82) is 0 Å². The van der Waals surface area contributed by atoms with E-state index in [1.54, 1.807) is 12.1 Å². The Hall–Kier alpha value is -1.51. The molecule has 0 fully saturated rings. The van der Waals surface area contributed by atoms with Gasteiger partial charge in [-0.3, -0.25) is 4.72 Å². The predicted molar refractivity (Wildman–Crippen MR) is 65.6 cm³/mol. The first-order valence-corrected chi connectivity index (χ1v) is 6.59. The van der Waals surface area contributed by atoms with Crippen molar-refractivity contribution in [3.05, 3.63) is 29.3 Å². The van der Waals surface area contributed by atoms with Gasteiger partial charge in [-0.1, -0.05) is 17.9 Å². The van der Waals surface area contributed by atoms with Gasteiger partial charge in [-0.2, -0.15) is 0 Å². The fourth-order valence-electron chi connectivity index (χ4n) is 1.20. The fourth-order valence-corrected chi connectivity index (χ4v) is 1.77. The molecule has 5 heteroatoms. The third kappa shape index (κ3) is 3.93. The van der Waals surface area contributed by atoms with E-state index in [0.717, 1.165) is 11.8 Å². The first kappa shape index (κ1) is 12.6. The Kier molecular flexibility index (Phi) is 3.93. The maximum absolute atomic E-state index is 11.2. The van der Waals surface area contributed by atoms with E-state index >= 15 is 0 Å². The average Bonchev–Trinajstić information content (AvgIpc) is 2.14. The molecule has 0 spiro atoms. The van der Waals surface area contributed by atoms with Crippen molar-refractivity contribution in [1.82, 2.24) is 0 Å². The molecule has 0 aliphatic carbocycles. The van der Waals surface area contributed by atoms with Crippen LogP contribution in [0, 0.1) is 18.8 Å². The van der Waals surface area contributed by atoms with Gasteiger partial charge in [0.15, 0.2) is 0 Å². The number of anilines is 1. The SMILES string of the molecule is Cc1ccc(C#CCN)c(NS(C)(=O)=O)c1. The molecule has 0 aliphatic heterocycles. The number of sulfonamides is 1. The van der Waals surface area contributed by atoms with Crippen molar-refractivity contribution in [2.45, 2.75) is 6.92 Å². The van der Waals surface area contributed by atoms with E-state index < -0.39 is 10.0 Å². The maximum Gasteiger partial charge on any atom is 0.229 e. The van der Waals surface area contributed by atoms with Crippen LogP contribution >= 0.6 is 0 Å². The predicted octanol–water partition coefficient (Wildman–Crippen LogP) is 0.677. The van der Waals surface area contributed by atoms with Gasteiger partial charge in [0.2, 0.25) is 10.0 Å². The summed E-state index contributed by atoms with van der Waals surface area (Å²) in [5.41, 5.74) is 7.35. The standard InChI is InChI=1S/C11H14N2O2S/c1-9-5-6-10(4-3-7-12)11(8-9)13-16(2,14)15/h5-6,8,13H,7,12H2,1-2H3. The van der Waals surface area contributed by atoms with E-state index in [1.165, 1.54) is 0 Å². The number of benzene rings is 1. The van der Waals surface area contributed by atoms with E-state index in [2.05, 4.69) is 16.6 Å². The molecule has 0 bridgehead atoms. The third-order valence-electron chi connectivity index (χ3n) is 1.80. The molecule has 86 valence electrons. The molecular formula is C11H14N2O2S. The van der Waals surface area contributed by atoms with Crippen LogP contribution in [0.4, 0.5) is 5.69 Å². The van der Waals surface area contributed by atoms with Crippen LogP contribution in [-0.4, -0.2) is 21.2 Å². The van der Waals surface area contributed by atoms with Crippen LogP contribution in [0.15, 0.2) is 18.2 Å². The summed E-state index contributed by atoms with van der Waals surface area (Å²) in [7, 11) is -3.29. The van der Waals surface area contributed by atoms with E-state index in [4.69, 9.17) is 5.73 Å². The fraction of sp³-hybridized carbons (Fsp3) is 0.273. The highest BCUT2D eigenvalue weighted by Crippen LogP contribution is 2.17. The van der Waals surface area contributed by atoms with Gasteiger partial charge in [0.25, 0.3) is 0 Å². The van der Waals surface area contributed by atoms with E-state index in [0.29, 0.717) is 11.3 Å². The summed E-state index contributed by atoms with van der Waals surface area (Å²) in [5.74, 6) is 5.51. The minimum Gasteiger partial charge on any atom is -0.320 e. The molecular weight excluding hydrogens is 224 g/mol. The van der Waals surface area contributed by atoms with Crippen molar-refractivity contribution < 1.29 is 8.42 Å². The number of nitrogens with two attached hydrogens (primary N) is 1. The number of rotatable bonds is 2. The first-order chi connectivity index (χ1) is 7.42. The van der Waals surface area contributed by atoms with Crippen LogP contribution in [0.1, 0.15) is 11.1 Å². The molecule has 1 aromatic rings. The lowest BCUT2D eigenvalue weighted by atomic mass is 10.1. The van der Waals surface area contributed by atoms with Gasteiger partial charge in [-0.15, -0.1) is 0 Å². The van der Waals surface area contributed by atoms with Gasteiger partial charge in [-0.05, 0) is 24.6 Å². The van der Waals surface area contributed by atoms with E-state index in [9.17, 15) is 8.42 Å². The van der Waals surface area contributed by atoms with Crippen molar-refractivity contribution in [2.75, 3.05) is 17.5 Å². The van der Waals surface area contributed by atoms with Gasteiger partial charge >= 0.3 is 0 Å². The Morgan fingerprint density at radius 2 is 2.12 bits per heavy atom. The summed E-state index contributed by atoms with van der Waals surface area (Å²) in [6, 6.07) is 5.38. The smallest absolute Gasteiger partial charge is 0.229 e. The highest BCUT2D eigenvalue weighted by Gasteiger charge is 2.06. The normalized spacial score (nSPS) is 10.4. The molecule has 1 rings (SSSR count). The summed E-state index contributed by atoms with van der Waals surface area (Å²) in [6.45, 7) is 2.12. The van der Waals surface area contributed by atoms with Crippen molar-refractivity contribution in [3.63, 3.8) is 0 Å². The van der Waals surface area contributed by atoms with Crippen molar-refractivity contribution in [3.8, 4) is 11.8 Å². The monoisotopic (exact) mass is 238 g/mol. The molecule has 0 aromatic heterocycles. The Balaban J connectivity index is 3.18. The second-order valence-electron chi connectivity index (χ2n) is 3.43. The summed E-state index contributed by atoms with van der Waals surface area (Å²) in [5, 5.41) is 0. The molecule has 0 aliphatic rings. The molecule has 0 unspecified atom stereocenters. The molecule has 3 N–H and O–H groups in total. The van der Waals surface area contributed by atoms with Gasteiger partial charge in [0.05, 0.1) is 18.5 Å². The number of hydrogen-bond donors (Lipinski definition) is 2. The second-order valence-corrected chi connectivity index (χ2v) is 5.18. The highest BCUT2D eigenvalue weighted by molar-refractivity contribution is 7.92. The zero-order valence-corrected chi connectivity index (χ0v) is 10.1. The Bertz CT molecular complexity index is 539. The number of nitrogens with one attached hydrogen (secondary N) is 1. The molecule has 0 amide bonds. The quantitative estimate of drug-likeness (QED) is 0.744. The van der Waals surface area contributed by atoms with Gasteiger partial charge in [-0.25, -0.2) is 8.42 Å². The summed E-state index contributed by atoms with van der Waals surface area (Å²) < 4.78 is 24.7. The number of hydrogen-bond acceptors (Lipinski definition) is 3. The van der Waals surface area contributed by atoms with Crippen LogP contribution < -0.4 is 10.5 Å². The van der Waals surface area contributed by atoms with E-state index in [-0.39, 0.29) is 6.54 Å². The minimum atomic E-state index is -3.29. The highest BCUT2D eigenvalue weighted by atomic mass is 32.2. The van der Waals surface area contributed by atoms with Crippen LogP contribution in [0.2, 0.25) is 0 Å². The lowest BCUT2D eigenvalue weighted by Crippen LogP contribution is -2.10.